The molecule has 1 heterocycles. The smallest absolute Gasteiger partial charge is 0.392 e. The van der Waals surface area contributed by atoms with Gasteiger partial charge in [0.1, 0.15) is 0 Å². The molecule has 0 aromatic heterocycles. The highest BCUT2D eigenvalue weighted by molar-refractivity contribution is 5.76. The number of hydrogen-bond acceptors (Lipinski definition) is 3. The molecule has 25 heavy (non-hydrogen) atoms. The molecule has 0 radical (unpaired) electrons. The van der Waals surface area contributed by atoms with E-state index < -0.39 is 17.8 Å². The zero-order chi connectivity index (χ0) is 18.1. The van der Waals surface area contributed by atoms with Crippen molar-refractivity contribution in [3.63, 3.8) is 0 Å². The lowest BCUT2D eigenvalue weighted by atomic mass is 9.58. The van der Waals surface area contributed by atoms with Crippen LogP contribution in [0.15, 0.2) is 24.3 Å². The Morgan fingerprint density at radius 3 is 2.68 bits per heavy atom. The summed E-state index contributed by atoms with van der Waals surface area (Å²) in [5.41, 5.74) is -0.516. The van der Waals surface area contributed by atoms with Gasteiger partial charge in [-0.05, 0) is 37.3 Å². The van der Waals surface area contributed by atoms with Crippen molar-refractivity contribution >= 4 is 5.91 Å². The molecule has 4 nitrogen and oxygen atoms in total. The van der Waals surface area contributed by atoms with Gasteiger partial charge in [-0.15, -0.1) is 0 Å². The molecule has 0 unspecified atom stereocenters. The number of aliphatic hydroxyl groups excluding tert-OH is 1. The summed E-state index contributed by atoms with van der Waals surface area (Å²) in [5, 5.41) is 13.1. The summed E-state index contributed by atoms with van der Waals surface area (Å²) < 4.78 is 43.5. The second kappa shape index (κ2) is 6.96. The van der Waals surface area contributed by atoms with Gasteiger partial charge >= 0.3 is 6.18 Å². The Morgan fingerprint density at radius 1 is 1.32 bits per heavy atom. The van der Waals surface area contributed by atoms with Gasteiger partial charge in [0.15, 0.2) is 0 Å². The Bertz CT molecular complexity index is 626. The van der Waals surface area contributed by atoms with E-state index in [9.17, 15) is 23.1 Å². The van der Waals surface area contributed by atoms with E-state index in [1.165, 1.54) is 6.07 Å². The number of nitrogens with one attached hydrogen (secondary N) is 1. The largest absolute Gasteiger partial charge is 0.416 e. The van der Waals surface area contributed by atoms with Crippen molar-refractivity contribution in [1.29, 1.82) is 0 Å². The lowest BCUT2D eigenvalue weighted by Crippen LogP contribution is -2.65. The average Bonchev–Trinajstić information content (AvgIpc) is 2.60. The number of ether oxygens (including phenoxy) is 1. The lowest BCUT2D eigenvalue weighted by molar-refractivity contribution is -0.156. The maximum Gasteiger partial charge on any atom is 0.416 e. The first-order valence-electron chi connectivity index (χ1n) is 8.52. The van der Waals surface area contributed by atoms with Gasteiger partial charge < -0.3 is 15.2 Å². The number of aryl methyl sites for hydroxylation is 1. The third-order valence-electron chi connectivity index (χ3n) is 5.47. The average molecular weight is 357 g/mol. The summed E-state index contributed by atoms with van der Waals surface area (Å²) in [6, 6.07) is 4.97. The van der Waals surface area contributed by atoms with E-state index in [1.807, 2.05) is 0 Å². The van der Waals surface area contributed by atoms with Gasteiger partial charge in [-0.25, -0.2) is 0 Å². The van der Waals surface area contributed by atoms with Crippen molar-refractivity contribution in [2.75, 3.05) is 13.2 Å². The van der Waals surface area contributed by atoms with Crippen LogP contribution in [0.4, 0.5) is 13.2 Å². The van der Waals surface area contributed by atoms with Crippen molar-refractivity contribution in [2.24, 2.45) is 5.41 Å². The molecule has 1 saturated heterocycles. The van der Waals surface area contributed by atoms with Gasteiger partial charge in [-0.3, -0.25) is 4.79 Å². The first kappa shape index (κ1) is 18.2. The molecular weight excluding hydrogens is 335 g/mol. The Kier molecular flexibility index (Phi) is 5.06. The molecule has 2 fully saturated rings. The zero-order valence-electron chi connectivity index (χ0n) is 13.8. The monoisotopic (exact) mass is 357 g/mol. The molecule has 2 aliphatic rings. The van der Waals surface area contributed by atoms with Gasteiger partial charge in [0.25, 0.3) is 0 Å². The number of aliphatic hydroxyl groups is 1. The summed E-state index contributed by atoms with van der Waals surface area (Å²) in [7, 11) is 0. The summed E-state index contributed by atoms with van der Waals surface area (Å²) in [6.07, 6.45) is -2.48. The minimum absolute atomic E-state index is 0.0830. The number of carbonyl (C=O) groups is 1. The number of rotatable bonds is 4. The topological polar surface area (TPSA) is 58.6 Å². The third kappa shape index (κ3) is 3.82. The van der Waals surface area contributed by atoms with Gasteiger partial charge in [0.2, 0.25) is 5.91 Å². The number of carbonyl (C=O) groups excluding carboxylic acids is 1. The highest BCUT2D eigenvalue weighted by atomic mass is 19.4. The Morgan fingerprint density at radius 2 is 2.04 bits per heavy atom. The molecular formula is C18H22F3NO3. The molecule has 1 amide bonds. The SMILES string of the molecule is O=C(CCc1cccc(C(F)(F)F)c1)N[C@@H]1C[C@@H](O)C12CCOCC2. The van der Waals surface area contributed by atoms with Crippen LogP contribution in [0.3, 0.4) is 0 Å². The van der Waals surface area contributed by atoms with Crippen LogP contribution in [0, 0.1) is 5.41 Å². The van der Waals surface area contributed by atoms with E-state index >= 15 is 0 Å². The number of alkyl halides is 3. The molecule has 1 aromatic rings. The van der Waals surface area contributed by atoms with Crippen molar-refractivity contribution < 1.29 is 27.8 Å². The van der Waals surface area contributed by atoms with Gasteiger partial charge in [0.05, 0.1) is 11.7 Å². The van der Waals surface area contributed by atoms with Crippen molar-refractivity contribution in [3.05, 3.63) is 35.4 Å². The minimum atomic E-state index is -4.38. The lowest BCUT2D eigenvalue weighted by Gasteiger charge is -2.55. The quantitative estimate of drug-likeness (QED) is 0.871. The van der Waals surface area contributed by atoms with Crippen LogP contribution in [-0.2, 0) is 22.1 Å². The Labute approximate surface area is 144 Å². The Hall–Kier alpha value is -1.60. The van der Waals surface area contributed by atoms with Crippen LogP contribution in [0.2, 0.25) is 0 Å². The molecule has 2 atom stereocenters. The van der Waals surface area contributed by atoms with Crippen LogP contribution in [0.1, 0.15) is 36.8 Å². The fourth-order valence-corrected chi connectivity index (χ4v) is 3.83. The van der Waals surface area contributed by atoms with Crippen LogP contribution < -0.4 is 5.32 Å². The number of hydrogen-bond donors (Lipinski definition) is 2. The molecule has 7 heteroatoms. The molecule has 1 spiro atoms. The van der Waals surface area contributed by atoms with E-state index in [1.54, 1.807) is 6.07 Å². The second-order valence-corrected chi connectivity index (χ2v) is 6.92. The van der Waals surface area contributed by atoms with E-state index in [0.717, 1.165) is 12.1 Å². The third-order valence-corrected chi connectivity index (χ3v) is 5.47. The predicted octanol–water partition coefficient (Wildman–Crippen LogP) is 2.68. The second-order valence-electron chi connectivity index (χ2n) is 6.92. The molecule has 2 N–H and O–H groups in total. The maximum atomic E-state index is 12.7. The van der Waals surface area contributed by atoms with Crippen molar-refractivity contribution in [2.45, 2.75) is 50.4 Å². The molecule has 1 aliphatic carbocycles. The van der Waals surface area contributed by atoms with Crippen molar-refractivity contribution in [1.82, 2.24) is 5.32 Å². The molecule has 1 saturated carbocycles. The summed E-state index contributed by atoms with van der Waals surface area (Å²) in [4.78, 5) is 12.2. The molecule has 138 valence electrons. The highest BCUT2D eigenvalue weighted by Crippen LogP contribution is 2.48. The Balaban J connectivity index is 1.54. The van der Waals surface area contributed by atoms with Gasteiger partial charge in [-0.2, -0.15) is 13.2 Å². The first-order valence-corrected chi connectivity index (χ1v) is 8.52. The van der Waals surface area contributed by atoms with Crippen LogP contribution in [0.5, 0.6) is 0 Å². The summed E-state index contributed by atoms with van der Waals surface area (Å²) >= 11 is 0. The van der Waals surface area contributed by atoms with E-state index in [0.29, 0.717) is 38.0 Å². The molecule has 3 rings (SSSR count). The molecule has 1 aliphatic heterocycles. The number of amides is 1. The summed E-state index contributed by atoms with van der Waals surface area (Å²) in [6.45, 7) is 1.15. The van der Waals surface area contributed by atoms with Crippen LogP contribution in [-0.4, -0.2) is 36.4 Å². The fourth-order valence-electron chi connectivity index (χ4n) is 3.83. The summed E-state index contributed by atoms with van der Waals surface area (Å²) in [5.74, 6) is -0.194. The first-order chi connectivity index (χ1) is 11.8. The molecule has 1 aromatic carbocycles. The molecule has 0 bridgehead atoms. The van der Waals surface area contributed by atoms with E-state index in [-0.39, 0.29) is 30.2 Å². The highest BCUT2D eigenvalue weighted by Gasteiger charge is 2.55. The van der Waals surface area contributed by atoms with Crippen LogP contribution in [0.25, 0.3) is 0 Å². The number of benzene rings is 1. The van der Waals surface area contributed by atoms with Crippen molar-refractivity contribution in [3.8, 4) is 0 Å². The normalized spacial score (nSPS) is 25.4. The maximum absolute atomic E-state index is 12.7. The standard InChI is InChI=1S/C18H22F3NO3/c19-18(20,21)13-3-1-2-12(10-13)4-5-16(24)22-14-11-15(23)17(14)6-8-25-9-7-17/h1-3,10,14-15,23H,4-9,11H2,(H,22,24)/t14-,15-/m1/s1. The van der Waals surface area contributed by atoms with Gasteiger partial charge in [-0.1, -0.05) is 18.2 Å². The van der Waals surface area contributed by atoms with Gasteiger partial charge in [0, 0.05) is 31.1 Å². The zero-order valence-corrected chi connectivity index (χ0v) is 13.8. The fraction of sp³-hybridized carbons (Fsp3) is 0.611. The van der Waals surface area contributed by atoms with E-state index in [4.69, 9.17) is 4.74 Å². The minimum Gasteiger partial charge on any atom is -0.392 e. The number of halogens is 3. The van der Waals surface area contributed by atoms with Crippen LogP contribution >= 0.6 is 0 Å². The van der Waals surface area contributed by atoms with E-state index in [2.05, 4.69) is 5.32 Å². The predicted molar refractivity (Wildman–Crippen MR) is 84.8 cm³/mol.